The molecule has 1 atom stereocenters. The minimum Gasteiger partial charge on any atom is -0.497 e. The van der Waals surface area contributed by atoms with Crippen LogP contribution in [0.1, 0.15) is 52.2 Å². The normalized spacial score (nSPS) is 14.5. The molecule has 2 aromatic carbocycles. The van der Waals surface area contributed by atoms with Gasteiger partial charge in [-0.15, -0.1) is 17.9 Å². The number of unbranched alkanes of at least 4 members (excludes halogenated alkanes) is 1. The highest BCUT2D eigenvalue weighted by Gasteiger charge is 2.34. The van der Waals surface area contributed by atoms with Crippen molar-refractivity contribution in [1.82, 2.24) is 9.80 Å². The lowest BCUT2D eigenvalue weighted by molar-refractivity contribution is -0.133. The predicted molar refractivity (Wildman–Crippen MR) is 148 cm³/mol. The summed E-state index contributed by atoms with van der Waals surface area (Å²) < 4.78 is 11.0. The van der Waals surface area contributed by atoms with E-state index in [4.69, 9.17) is 9.47 Å². The molecule has 1 aromatic heterocycles. The fraction of sp³-hybridized carbons (Fsp3) is 0.333. The van der Waals surface area contributed by atoms with Gasteiger partial charge in [-0.05, 0) is 71.8 Å². The topological polar surface area (TPSA) is 59.1 Å². The molecule has 0 aliphatic carbocycles. The average Bonchev–Trinajstić information content (AvgIpc) is 3.41. The van der Waals surface area contributed by atoms with Gasteiger partial charge in [0.25, 0.3) is 5.91 Å². The van der Waals surface area contributed by atoms with Crippen molar-refractivity contribution in [2.75, 3.05) is 33.4 Å². The Morgan fingerprint density at radius 2 is 1.84 bits per heavy atom. The van der Waals surface area contributed by atoms with E-state index in [1.807, 2.05) is 29.2 Å². The minimum atomic E-state index is -0.206. The molecule has 194 valence electrons. The van der Waals surface area contributed by atoms with Crippen LogP contribution in [0, 0.1) is 0 Å². The number of amides is 2. The summed E-state index contributed by atoms with van der Waals surface area (Å²) in [5, 5.41) is 2.08. The van der Waals surface area contributed by atoms with Gasteiger partial charge in [-0.3, -0.25) is 9.59 Å². The van der Waals surface area contributed by atoms with Crippen molar-refractivity contribution in [3.63, 3.8) is 0 Å². The zero-order valence-corrected chi connectivity index (χ0v) is 22.3. The second-order valence-electron chi connectivity index (χ2n) is 9.01. The number of rotatable bonds is 11. The molecule has 1 aliphatic rings. The molecule has 0 fully saturated rings. The lowest BCUT2D eigenvalue weighted by atomic mass is 9.93. The summed E-state index contributed by atoms with van der Waals surface area (Å²) in [7, 11) is 1.64. The van der Waals surface area contributed by atoms with Crippen molar-refractivity contribution in [3.8, 4) is 11.5 Å². The number of benzene rings is 2. The van der Waals surface area contributed by atoms with E-state index in [0.717, 1.165) is 41.9 Å². The molecule has 1 aliphatic heterocycles. The van der Waals surface area contributed by atoms with Crippen LogP contribution in [0.25, 0.3) is 0 Å². The van der Waals surface area contributed by atoms with Crippen LogP contribution >= 0.6 is 11.3 Å². The lowest BCUT2D eigenvalue weighted by Crippen LogP contribution is -2.46. The minimum absolute atomic E-state index is 0.0221. The quantitative estimate of drug-likeness (QED) is 0.240. The predicted octanol–water partition coefficient (Wildman–Crippen LogP) is 5.74. The third kappa shape index (κ3) is 6.23. The molecule has 1 unspecified atom stereocenters. The Balaban J connectivity index is 1.52. The Bertz CT molecular complexity index is 1200. The highest BCUT2D eigenvalue weighted by Crippen LogP contribution is 2.38. The molecule has 4 rings (SSSR count). The van der Waals surface area contributed by atoms with Crippen molar-refractivity contribution in [2.24, 2.45) is 0 Å². The Hall–Kier alpha value is -3.58. The van der Waals surface area contributed by atoms with E-state index >= 15 is 0 Å². The Morgan fingerprint density at radius 3 is 2.51 bits per heavy atom. The van der Waals surface area contributed by atoms with Gasteiger partial charge in [-0.25, -0.2) is 0 Å². The highest BCUT2D eigenvalue weighted by molar-refractivity contribution is 7.10. The van der Waals surface area contributed by atoms with Gasteiger partial charge in [-0.1, -0.05) is 31.6 Å². The number of fused-ring (bicyclic) bond motifs is 1. The smallest absolute Gasteiger partial charge is 0.254 e. The van der Waals surface area contributed by atoms with Gasteiger partial charge in [0, 0.05) is 23.5 Å². The summed E-state index contributed by atoms with van der Waals surface area (Å²) in [4.78, 5) is 31.8. The molecule has 7 heteroatoms. The van der Waals surface area contributed by atoms with Gasteiger partial charge in [0.05, 0.1) is 19.8 Å². The summed E-state index contributed by atoms with van der Waals surface area (Å²) in [6.07, 6.45) is 4.50. The second-order valence-corrected chi connectivity index (χ2v) is 10.0. The van der Waals surface area contributed by atoms with Crippen LogP contribution in [0.3, 0.4) is 0 Å². The molecule has 2 amide bonds. The molecule has 0 saturated heterocycles. The summed E-state index contributed by atoms with van der Waals surface area (Å²) in [6, 6.07) is 16.9. The maximum atomic E-state index is 13.7. The monoisotopic (exact) mass is 518 g/mol. The molecule has 0 radical (unpaired) electrons. The van der Waals surface area contributed by atoms with Crippen LogP contribution in [0.2, 0.25) is 0 Å². The van der Waals surface area contributed by atoms with Crippen LogP contribution in [-0.4, -0.2) is 55.0 Å². The fourth-order valence-electron chi connectivity index (χ4n) is 4.57. The molecule has 0 bridgehead atoms. The Morgan fingerprint density at radius 1 is 1.11 bits per heavy atom. The number of carbonyl (C=O) groups excluding carboxylic acids is 2. The Labute approximate surface area is 223 Å². The van der Waals surface area contributed by atoms with Crippen LogP contribution in [0.4, 0.5) is 0 Å². The van der Waals surface area contributed by atoms with Crippen LogP contribution in [-0.2, 0) is 11.2 Å². The van der Waals surface area contributed by atoms with E-state index in [0.29, 0.717) is 18.7 Å². The first-order valence-electron chi connectivity index (χ1n) is 12.7. The van der Waals surface area contributed by atoms with E-state index in [1.165, 1.54) is 4.88 Å². The SMILES string of the molecule is C=CCN(CC(=O)N1CCc2sccc2C1c1ccc(OC)cc1)C(=O)c1ccc(OCCCC)cc1. The van der Waals surface area contributed by atoms with Crippen LogP contribution < -0.4 is 9.47 Å². The van der Waals surface area contributed by atoms with E-state index in [9.17, 15) is 9.59 Å². The maximum Gasteiger partial charge on any atom is 0.254 e. The highest BCUT2D eigenvalue weighted by atomic mass is 32.1. The van der Waals surface area contributed by atoms with Gasteiger partial charge in [-0.2, -0.15) is 0 Å². The van der Waals surface area contributed by atoms with Gasteiger partial charge < -0.3 is 19.3 Å². The van der Waals surface area contributed by atoms with Gasteiger partial charge in [0.15, 0.2) is 0 Å². The molecular weight excluding hydrogens is 484 g/mol. The number of ether oxygens (including phenoxy) is 2. The van der Waals surface area contributed by atoms with E-state index < -0.39 is 0 Å². The molecule has 3 aromatic rings. The lowest BCUT2D eigenvalue weighted by Gasteiger charge is -2.37. The van der Waals surface area contributed by atoms with Gasteiger partial charge >= 0.3 is 0 Å². The summed E-state index contributed by atoms with van der Waals surface area (Å²) in [5.41, 5.74) is 2.69. The van der Waals surface area contributed by atoms with Crippen LogP contribution in [0.15, 0.2) is 72.6 Å². The molecule has 37 heavy (non-hydrogen) atoms. The van der Waals surface area contributed by atoms with E-state index in [-0.39, 0.29) is 30.9 Å². The molecule has 6 nitrogen and oxygen atoms in total. The third-order valence-electron chi connectivity index (χ3n) is 6.55. The number of hydrogen-bond acceptors (Lipinski definition) is 5. The number of carbonyl (C=O) groups is 2. The Kier molecular flexibility index (Phi) is 9.01. The van der Waals surface area contributed by atoms with Crippen molar-refractivity contribution >= 4 is 23.2 Å². The standard InChI is InChI=1S/C30H34N2O4S/c1-4-6-19-36-25-13-9-23(10-14-25)30(34)31(17-5-2)21-28(33)32-18-15-27-26(16-20-37-27)29(32)22-7-11-24(35-3)12-8-22/h5,7-14,16,20,29H,2,4,6,15,17-19,21H2,1,3H3. The first kappa shape index (κ1) is 26.5. The summed E-state index contributed by atoms with van der Waals surface area (Å²) in [6.45, 7) is 7.43. The zero-order chi connectivity index (χ0) is 26.2. The van der Waals surface area contributed by atoms with E-state index in [1.54, 1.807) is 53.7 Å². The molecule has 2 heterocycles. The molecule has 0 spiro atoms. The average molecular weight is 519 g/mol. The first-order valence-corrected chi connectivity index (χ1v) is 13.6. The third-order valence-corrected chi connectivity index (χ3v) is 7.55. The molecule has 0 saturated carbocycles. The number of methoxy groups -OCH3 is 1. The number of nitrogens with zero attached hydrogens (tertiary/aromatic N) is 2. The maximum absolute atomic E-state index is 13.7. The molecule has 0 N–H and O–H groups in total. The van der Waals surface area contributed by atoms with Crippen molar-refractivity contribution in [3.05, 3.63) is 94.2 Å². The largest absolute Gasteiger partial charge is 0.497 e. The van der Waals surface area contributed by atoms with Crippen LogP contribution in [0.5, 0.6) is 11.5 Å². The number of hydrogen-bond donors (Lipinski definition) is 0. The van der Waals surface area contributed by atoms with Gasteiger partial charge in [0.1, 0.15) is 18.0 Å². The fourth-order valence-corrected chi connectivity index (χ4v) is 5.47. The second kappa shape index (κ2) is 12.6. The van der Waals surface area contributed by atoms with Crippen molar-refractivity contribution in [1.29, 1.82) is 0 Å². The first-order chi connectivity index (χ1) is 18.0. The summed E-state index contributed by atoms with van der Waals surface area (Å²) >= 11 is 1.73. The van der Waals surface area contributed by atoms with Gasteiger partial charge in [0.2, 0.25) is 5.91 Å². The van der Waals surface area contributed by atoms with Crippen molar-refractivity contribution in [2.45, 2.75) is 32.2 Å². The zero-order valence-electron chi connectivity index (χ0n) is 21.5. The number of thiophene rings is 1. The molecular formula is C30H34N2O4S. The van der Waals surface area contributed by atoms with Crippen molar-refractivity contribution < 1.29 is 19.1 Å². The summed E-state index contributed by atoms with van der Waals surface area (Å²) in [5.74, 6) is 1.21. The van der Waals surface area contributed by atoms with E-state index in [2.05, 4.69) is 24.9 Å².